The molecular weight excluding hydrogens is 378 g/mol. The third kappa shape index (κ3) is 6.71. The lowest BCUT2D eigenvalue weighted by Gasteiger charge is -2.34. The summed E-state index contributed by atoms with van der Waals surface area (Å²) in [7, 11) is 0. The van der Waals surface area contributed by atoms with Crippen molar-refractivity contribution in [2.45, 2.75) is 39.1 Å². The minimum absolute atomic E-state index is 0.282. The standard InChI is InChI=1S/C25H31NO4/c1-20-24(30-21(2)27)15-25(13-14-26-20,18-28-16-22-9-5-3-6-10-22)19-29-17-23-11-7-4-8-12-23/h3-12,24,26H,1,13-19H2,2H3. The average Bonchev–Trinajstić information content (AvgIpc) is 2.88. The molecule has 0 aromatic heterocycles. The van der Waals surface area contributed by atoms with E-state index in [9.17, 15) is 4.79 Å². The van der Waals surface area contributed by atoms with Crippen LogP contribution in [0.25, 0.3) is 0 Å². The number of nitrogens with one attached hydrogen (secondary N) is 1. The Hall–Kier alpha value is -2.63. The molecule has 1 aliphatic rings. The number of carbonyl (C=O) groups excluding carboxylic acids is 1. The number of carbonyl (C=O) groups is 1. The van der Waals surface area contributed by atoms with Gasteiger partial charge in [-0.15, -0.1) is 0 Å². The van der Waals surface area contributed by atoms with E-state index in [1.165, 1.54) is 6.92 Å². The predicted molar refractivity (Wildman–Crippen MR) is 117 cm³/mol. The summed E-state index contributed by atoms with van der Waals surface area (Å²) in [4.78, 5) is 11.6. The Morgan fingerprint density at radius 3 is 2.03 bits per heavy atom. The van der Waals surface area contributed by atoms with Gasteiger partial charge < -0.3 is 19.5 Å². The van der Waals surface area contributed by atoms with Crippen LogP contribution in [0, 0.1) is 5.41 Å². The topological polar surface area (TPSA) is 56.8 Å². The van der Waals surface area contributed by atoms with Crippen LogP contribution < -0.4 is 5.32 Å². The number of benzene rings is 2. The molecule has 1 atom stereocenters. The fourth-order valence-electron chi connectivity index (χ4n) is 3.76. The van der Waals surface area contributed by atoms with E-state index in [-0.39, 0.29) is 11.4 Å². The van der Waals surface area contributed by atoms with Gasteiger partial charge in [0, 0.05) is 31.0 Å². The second-order valence-corrected chi connectivity index (χ2v) is 7.96. The highest BCUT2D eigenvalue weighted by Crippen LogP contribution is 2.34. The van der Waals surface area contributed by atoms with Gasteiger partial charge >= 0.3 is 5.97 Å². The molecule has 0 bridgehead atoms. The molecule has 160 valence electrons. The molecule has 5 nitrogen and oxygen atoms in total. The van der Waals surface area contributed by atoms with Gasteiger partial charge in [-0.05, 0) is 17.5 Å². The predicted octanol–water partition coefficient (Wildman–Crippen LogP) is 4.24. The molecule has 0 aliphatic carbocycles. The second kappa shape index (κ2) is 11.0. The SMILES string of the molecule is C=C1NCCC(COCc2ccccc2)(COCc2ccccc2)CC1OC(C)=O. The largest absolute Gasteiger partial charge is 0.456 e. The lowest BCUT2D eigenvalue weighted by Crippen LogP contribution is -2.37. The van der Waals surface area contributed by atoms with Crippen molar-refractivity contribution in [3.63, 3.8) is 0 Å². The molecule has 0 amide bonds. The van der Waals surface area contributed by atoms with Gasteiger partial charge in [0.2, 0.25) is 0 Å². The van der Waals surface area contributed by atoms with Crippen LogP contribution in [0.2, 0.25) is 0 Å². The number of hydrogen-bond acceptors (Lipinski definition) is 5. The molecule has 0 radical (unpaired) electrons. The van der Waals surface area contributed by atoms with E-state index < -0.39 is 6.10 Å². The molecule has 1 unspecified atom stereocenters. The van der Waals surface area contributed by atoms with Crippen LogP contribution in [-0.2, 0) is 32.2 Å². The molecule has 1 fully saturated rings. The first-order chi connectivity index (χ1) is 14.6. The summed E-state index contributed by atoms with van der Waals surface area (Å²) in [5.74, 6) is -0.311. The van der Waals surface area contributed by atoms with E-state index in [1.807, 2.05) is 36.4 Å². The van der Waals surface area contributed by atoms with E-state index >= 15 is 0 Å². The Bertz CT molecular complexity index is 761. The summed E-state index contributed by atoms with van der Waals surface area (Å²) in [6.07, 6.45) is 1.06. The molecule has 1 heterocycles. The maximum Gasteiger partial charge on any atom is 0.303 e. The van der Waals surface area contributed by atoms with Crippen LogP contribution in [0.5, 0.6) is 0 Å². The smallest absolute Gasteiger partial charge is 0.303 e. The van der Waals surface area contributed by atoms with Gasteiger partial charge in [-0.3, -0.25) is 4.79 Å². The van der Waals surface area contributed by atoms with Gasteiger partial charge in [-0.1, -0.05) is 67.2 Å². The lowest BCUT2D eigenvalue weighted by molar-refractivity contribution is -0.147. The zero-order valence-corrected chi connectivity index (χ0v) is 17.6. The molecule has 3 rings (SSSR count). The van der Waals surface area contributed by atoms with Crippen LogP contribution in [-0.4, -0.2) is 31.8 Å². The van der Waals surface area contributed by atoms with Gasteiger partial charge in [0.15, 0.2) is 0 Å². The number of ether oxygens (including phenoxy) is 3. The van der Waals surface area contributed by atoms with Gasteiger partial charge in [0.05, 0.1) is 26.4 Å². The fourth-order valence-corrected chi connectivity index (χ4v) is 3.76. The molecular formula is C25H31NO4. The Morgan fingerprint density at radius 1 is 1.00 bits per heavy atom. The first kappa shape index (κ1) is 22.1. The molecule has 30 heavy (non-hydrogen) atoms. The number of rotatable bonds is 9. The molecule has 1 saturated heterocycles. The summed E-state index contributed by atoms with van der Waals surface area (Å²) >= 11 is 0. The highest BCUT2D eigenvalue weighted by molar-refractivity contribution is 5.66. The summed E-state index contributed by atoms with van der Waals surface area (Å²) < 4.78 is 17.8. The number of hydrogen-bond donors (Lipinski definition) is 1. The molecule has 1 aliphatic heterocycles. The molecule has 2 aromatic carbocycles. The Kier molecular flexibility index (Phi) is 8.05. The molecule has 5 heteroatoms. The third-order valence-corrected chi connectivity index (χ3v) is 5.36. The quantitative estimate of drug-likeness (QED) is 0.628. The summed E-state index contributed by atoms with van der Waals surface area (Å²) in [5, 5.41) is 3.29. The third-order valence-electron chi connectivity index (χ3n) is 5.36. The van der Waals surface area contributed by atoms with Crippen molar-refractivity contribution in [1.82, 2.24) is 5.32 Å². The van der Waals surface area contributed by atoms with E-state index in [1.54, 1.807) is 0 Å². The average molecular weight is 410 g/mol. The summed E-state index contributed by atoms with van der Waals surface area (Å²) in [5.41, 5.74) is 2.71. The van der Waals surface area contributed by atoms with Crippen molar-refractivity contribution < 1.29 is 19.0 Å². The first-order valence-electron chi connectivity index (χ1n) is 10.4. The zero-order valence-electron chi connectivity index (χ0n) is 17.6. The van der Waals surface area contributed by atoms with Crippen molar-refractivity contribution in [1.29, 1.82) is 0 Å². The van der Waals surface area contributed by atoms with Crippen molar-refractivity contribution in [3.05, 3.63) is 84.1 Å². The molecule has 1 N–H and O–H groups in total. The van der Waals surface area contributed by atoms with Crippen LogP contribution in [0.4, 0.5) is 0 Å². The Labute approximate surface area is 179 Å². The molecule has 0 spiro atoms. The summed E-state index contributed by atoms with van der Waals surface area (Å²) in [6.45, 7) is 8.33. The van der Waals surface area contributed by atoms with E-state index in [0.717, 1.165) is 29.8 Å². The van der Waals surface area contributed by atoms with E-state index in [0.29, 0.717) is 32.8 Å². The highest BCUT2D eigenvalue weighted by Gasteiger charge is 2.38. The van der Waals surface area contributed by atoms with Crippen molar-refractivity contribution >= 4 is 5.97 Å². The normalized spacial score (nSPS) is 18.3. The molecule has 0 saturated carbocycles. The monoisotopic (exact) mass is 409 g/mol. The van der Waals surface area contributed by atoms with E-state index in [4.69, 9.17) is 14.2 Å². The Balaban J connectivity index is 1.68. The minimum Gasteiger partial charge on any atom is -0.456 e. The fraction of sp³-hybridized carbons (Fsp3) is 0.400. The molecule has 2 aromatic rings. The van der Waals surface area contributed by atoms with Gasteiger partial charge in [0.25, 0.3) is 0 Å². The van der Waals surface area contributed by atoms with Crippen LogP contribution in [0.1, 0.15) is 30.9 Å². The van der Waals surface area contributed by atoms with Gasteiger partial charge in [0.1, 0.15) is 6.10 Å². The van der Waals surface area contributed by atoms with Crippen LogP contribution in [0.15, 0.2) is 72.9 Å². The van der Waals surface area contributed by atoms with Crippen molar-refractivity contribution in [2.75, 3.05) is 19.8 Å². The van der Waals surface area contributed by atoms with Gasteiger partial charge in [-0.25, -0.2) is 0 Å². The lowest BCUT2D eigenvalue weighted by atomic mass is 9.81. The number of esters is 1. The Morgan fingerprint density at radius 2 is 1.53 bits per heavy atom. The minimum atomic E-state index is -0.398. The highest BCUT2D eigenvalue weighted by atomic mass is 16.5. The van der Waals surface area contributed by atoms with Crippen molar-refractivity contribution in [2.24, 2.45) is 5.41 Å². The van der Waals surface area contributed by atoms with Crippen molar-refractivity contribution in [3.8, 4) is 0 Å². The first-order valence-corrected chi connectivity index (χ1v) is 10.4. The zero-order chi connectivity index (χ0) is 21.2. The van der Waals surface area contributed by atoms with Crippen LogP contribution in [0.3, 0.4) is 0 Å². The van der Waals surface area contributed by atoms with Crippen LogP contribution >= 0.6 is 0 Å². The van der Waals surface area contributed by atoms with Gasteiger partial charge in [-0.2, -0.15) is 0 Å². The summed E-state index contributed by atoms with van der Waals surface area (Å²) in [6, 6.07) is 20.2. The maximum atomic E-state index is 11.6. The maximum absolute atomic E-state index is 11.6. The second-order valence-electron chi connectivity index (χ2n) is 7.96. The van der Waals surface area contributed by atoms with E-state index in [2.05, 4.69) is 36.2 Å².